The lowest BCUT2D eigenvalue weighted by atomic mass is 10.1. The third kappa shape index (κ3) is 5.90. The number of hydrogen-bond donors (Lipinski definition) is 1. The maximum Gasteiger partial charge on any atom is 0.573 e. The van der Waals surface area contributed by atoms with Crippen LogP contribution < -0.4 is 14.8 Å². The third-order valence-corrected chi connectivity index (χ3v) is 7.51. The van der Waals surface area contributed by atoms with E-state index in [1.807, 2.05) is 0 Å². The predicted molar refractivity (Wildman–Crippen MR) is 134 cm³/mol. The summed E-state index contributed by atoms with van der Waals surface area (Å²) in [7, 11) is -4.86. The Hall–Kier alpha value is -4.93. The molecule has 1 N–H and O–H groups in total. The van der Waals surface area contributed by atoms with Crippen molar-refractivity contribution >= 4 is 26.6 Å². The zero-order chi connectivity index (χ0) is 30.3. The highest BCUT2D eigenvalue weighted by molar-refractivity contribution is 7.92. The van der Waals surface area contributed by atoms with Gasteiger partial charge in [-0.1, -0.05) is 41.6 Å². The van der Waals surface area contributed by atoms with Crippen molar-refractivity contribution in [3.8, 4) is 17.3 Å². The molecule has 218 valence electrons. The Morgan fingerprint density at radius 3 is 2.21 bits per heavy atom. The van der Waals surface area contributed by atoms with Crippen LogP contribution in [0.1, 0.15) is 11.1 Å². The Labute approximate surface area is 231 Å². The molecule has 0 amide bonds. The summed E-state index contributed by atoms with van der Waals surface area (Å²) in [6.45, 7) is -0.762. The number of aromatic nitrogens is 4. The molecule has 0 radical (unpaired) electrons. The Morgan fingerprint density at radius 2 is 1.62 bits per heavy atom. The summed E-state index contributed by atoms with van der Waals surface area (Å²) in [5, 5.41) is 3.20. The number of pyridine rings is 2. The lowest BCUT2D eigenvalue weighted by molar-refractivity contribution is -0.274. The summed E-state index contributed by atoms with van der Waals surface area (Å²) in [6.07, 6.45) is -8.15. The topological polar surface area (TPSA) is 131 Å². The predicted octanol–water partition coefficient (Wildman–Crippen LogP) is 5.29. The molecule has 0 unspecified atom stereocenters. The molecule has 17 heteroatoms. The molecule has 3 heterocycles. The fourth-order valence-corrected chi connectivity index (χ4v) is 5.36. The van der Waals surface area contributed by atoms with Crippen molar-refractivity contribution in [1.29, 1.82) is 0 Å². The molecular formula is C25H15F6N5O5S. The van der Waals surface area contributed by atoms with E-state index in [1.54, 1.807) is 0 Å². The van der Waals surface area contributed by atoms with E-state index >= 15 is 0 Å². The molecule has 0 atom stereocenters. The molecule has 0 fully saturated rings. The van der Waals surface area contributed by atoms with Crippen LogP contribution in [0.4, 0.5) is 32.2 Å². The number of halogens is 6. The van der Waals surface area contributed by atoms with E-state index in [1.165, 1.54) is 18.2 Å². The van der Waals surface area contributed by atoms with Gasteiger partial charge in [-0.3, -0.25) is 14.5 Å². The molecule has 2 aromatic carbocycles. The van der Waals surface area contributed by atoms with Crippen LogP contribution in [0.2, 0.25) is 0 Å². The highest BCUT2D eigenvalue weighted by Crippen LogP contribution is 2.42. The SMILES string of the molecule is O=c1[nH]c(-c2ccc(S(=O)(=O)N(Cc3ccc(OC(F)(F)F)cc3)c3ncc4ccccc4c3C(F)(F)F)cn2)no1. The smallest absolute Gasteiger partial charge is 0.406 e. The lowest BCUT2D eigenvalue weighted by Crippen LogP contribution is -2.33. The van der Waals surface area contributed by atoms with E-state index in [2.05, 4.69) is 29.4 Å². The lowest BCUT2D eigenvalue weighted by Gasteiger charge is -2.27. The zero-order valence-corrected chi connectivity index (χ0v) is 21.5. The molecule has 0 aliphatic rings. The molecule has 42 heavy (non-hydrogen) atoms. The van der Waals surface area contributed by atoms with Crippen molar-refractivity contribution in [2.45, 2.75) is 24.0 Å². The maximum absolute atomic E-state index is 14.5. The van der Waals surface area contributed by atoms with Gasteiger partial charge in [0.1, 0.15) is 21.9 Å². The molecule has 5 rings (SSSR count). The number of nitrogens with one attached hydrogen (secondary N) is 1. The number of benzene rings is 2. The first-order chi connectivity index (χ1) is 19.7. The summed E-state index contributed by atoms with van der Waals surface area (Å²) in [5.74, 6) is -2.62. The number of nitrogens with zero attached hydrogens (tertiary/aromatic N) is 4. The van der Waals surface area contributed by atoms with E-state index < -0.39 is 56.9 Å². The van der Waals surface area contributed by atoms with Gasteiger partial charge < -0.3 is 4.74 Å². The minimum Gasteiger partial charge on any atom is -0.406 e. The van der Waals surface area contributed by atoms with Gasteiger partial charge in [0.05, 0.1) is 6.54 Å². The average molecular weight is 611 g/mol. The number of ether oxygens (including phenoxy) is 1. The third-order valence-electron chi connectivity index (χ3n) is 5.79. The van der Waals surface area contributed by atoms with Crippen LogP contribution in [0.15, 0.2) is 87.3 Å². The molecule has 0 aliphatic carbocycles. The largest absolute Gasteiger partial charge is 0.573 e. The second-order valence-electron chi connectivity index (χ2n) is 8.57. The van der Waals surface area contributed by atoms with Crippen molar-refractivity contribution in [2.75, 3.05) is 4.31 Å². The second kappa shape index (κ2) is 10.5. The summed E-state index contributed by atoms with van der Waals surface area (Å²) < 4.78 is 118. The van der Waals surface area contributed by atoms with Gasteiger partial charge in [0.15, 0.2) is 5.82 Å². The number of anilines is 1. The minimum atomic E-state index is -5.07. The van der Waals surface area contributed by atoms with Gasteiger partial charge in [-0.05, 0) is 35.2 Å². The number of hydrogen-bond acceptors (Lipinski definition) is 8. The Morgan fingerprint density at radius 1 is 0.905 bits per heavy atom. The molecule has 3 aromatic heterocycles. The molecule has 10 nitrogen and oxygen atoms in total. The van der Waals surface area contributed by atoms with Crippen molar-refractivity contribution in [3.63, 3.8) is 0 Å². The first-order valence-electron chi connectivity index (χ1n) is 11.6. The highest BCUT2D eigenvalue weighted by atomic mass is 32.2. The number of H-pyrrole nitrogens is 1. The van der Waals surface area contributed by atoms with Gasteiger partial charge in [-0.15, -0.1) is 13.2 Å². The number of aromatic amines is 1. The monoisotopic (exact) mass is 611 g/mol. The van der Waals surface area contributed by atoms with E-state index in [0.717, 1.165) is 54.9 Å². The van der Waals surface area contributed by atoms with Crippen molar-refractivity contribution in [1.82, 2.24) is 20.1 Å². The van der Waals surface area contributed by atoms with Crippen molar-refractivity contribution < 1.29 is 44.0 Å². The summed E-state index contributed by atoms with van der Waals surface area (Å²) in [5.41, 5.74) is -1.33. The first kappa shape index (κ1) is 28.6. The molecule has 0 bridgehead atoms. The molecular weight excluding hydrogens is 596 g/mol. The van der Waals surface area contributed by atoms with Gasteiger partial charge >= 0.3 is 18.3 Å². The van der Waals surface area contributed by atoms with Crippen LogP contribution in [0.25, 0.3) is 22.3 Å². The van der Waals surface area contributed by atoms with Gasteiger partial charge in [0, 0.05) is 17.8 Å². The van der Waals surface area contributed by atoms with Gasteiger partial charge in [0.2, 0.25) is 5.82 Å². The van der Waals surface area contributed by atoms with E-state index in [4.69, 9.17) is 0 Å². The standard InChI is InChI=1S/C25H15F6N5O5S/c26-24(27,28)20-18-4-2-1-3-15(18)11-33-22(20)36(13-14-5-7-16(8-6-14)40-25(29,30)31)42(38,39)17-9-10-19(32-12-17)21-34-23(37)41-35-21/h1-12H,13H2,(H,34,35,37). The van der Waals surface area contributed by atoms with Gasteiger partial charge in [-0.25, -0.2) is 22.5 Å². The average Bonchev–Trinajstić information content (AvgIpc) is 3.37. The number of fused-ring (bicyclic) bond motifs is 1. The molecule has 5 aromatic rings. The Balaban J connectivity index is 1.64. The van der Waals surface area contributed by atoms with Crippen LogP contribution in [0.5, 0.6) is 5.75 Å². The van der Waals surface area contributed by atoms with Crippen LogP contribution in [-0.2, 0) is 22.7 Å². The summed E-state index contributed by atoms with van der Waals surface area (Å²) in [4.78, 5) is 20.7. The van der Waals surface area contributed by atoms with Crippen LogP contribution in [0.3, 0.4) is 0 Å². The Bertz CT molecular complexity index is 1900. The highest BCUT2D eigenvalue weighted by Gasteiger charge is 2.41. The summed E-state index contributed by atoms with van der Waals surface area (Å²) >= 11 is 0. The maximum atomic E-state index is 14.5. The molecule has 0 saturated carbocycles. The molecule has 0 spiro atoms. The zero-order valence-electron chi connectivity index (χ0n) is 20.6. The van der Waals surface area contributed by atoms with E-state index in [-0.39, 0.29) is 27.9 Å². The fourth-order valence-electron chi connectivity index (χ4n) is 4.00. The van der Waals surface area contributed by atoms with Crippen LogP contribution >= 0.6 is 0 Å². The number of alkyl halides is 6. The quantitative estimate of drug-likeness (QED) is 0.246. The normalized spacial score (nSPS) is 12.4. The Kier molecular flexibility index (Phi) is 7.13. The molecule has 0 aliphatic heterocycles. The fraction of sp³-hybridized carbons (Fsp3) is 0.120. The van der Waals surface area contributed by atoms with Crippen LogP contribution in [-0.4, -0.2) is 34.9 Å². The summed E-state index contributed by atoms with van der Waals surface area (Å²) in [6, 6.07) is 11.4. The van der Waals surface area contributed by atoms with Crippen molar-refractivity contribution in [3.05, 3.63) is 94.7 Å². The molecule has 0 saturated heterocycles. The number of rotatable bonds is 7. The second-order valence-corrected chi connectivity index (χ2v) is 10.4. The van der Waals surface area contributed by atoms with Crippen molar-refractivity contribution in [2.24, 2.45) is 0 Å². The first-order valence-corrected chi connectivity index (χ1v) is 13.0. The minimum absolute atomic E-state index is 0.00795. The van der Waals surface area contributed by atoms with Gasteiger partial charge in [-0.2, -0.15) is 13.2 Å². The van der Waals surface area contributed by atoms with Gasteiger partial charge in [0.25, 0.3) is 10.0 Å². The van der Waals surface area contributed by atoms with E-state index in [0.29, 0.717) is 4.31 Å². The van der Waals surface area contributed by atoms with Crippen LogP contribution in [0, 0.1) is 0 Å². The number of sulfonamides is 1. The van der Waals surface area contributed by atoms with E-state index in [9.17, 15) is 39.6 Å².